The van der Waals surface area contributed by atoms with E-state index < -0.39 is 18.3 Å². The van der Waals surface area contributed by atoms with Crippen molar-refractivity contribution in [1.82, 2.24) is 0 Å². The quantitative estimate of drug-likeness (QED) is 0.723. The summed E-state index contributed by atoms with van der Waals surface area (Å²) in [4.78, 5) is 0. The predicted molar refractivity (Wildman–Crippen MR) is 48.1 cm³/mol. The summed E-state index contributed by atoms with van der Waals surface area (Å²) in [7, 11) is 0. The zero-order chi connectivity index (χ0) is 11.1. The predicted octanol–water partition coefficient (Wildman–Crippen LogP) is 2.32. The van der Waals surface area contributed by atoms with Crippen molar-refractivity contribution in [2.45, 2.75) is 18.3 Å². The molecule has 0 spiro atoms. The Kier molecular flexibility index (Phi) is 2.44. The molecule has 2 unspecified atom stereocenters. The number of benzene rings is 1. The van der Waals surface area contributed by atoms with Crippen molar-refractivity contribution in [3.63, 3.8) is 0 Å². The van der Waals surface area contributed by atoms with Crippen molar-refractivity contribution >= 4 is 0 Å². The minimum absolute atomic E-state index is 0.0960. The smallest absolute Gasteiger partial charge is 0.362 e. The van der Waals surface area contributed by atoms with E-state index in [2.05, 4.69) is 0 Å². The van der Waals surface area contributed by atoms with Gasteiger partial charge < -0.3 is 10.5 Å². The van der Waals surface area contributed by atoms with Crippen molar-refractivity contribution in [2.75, 3.05) is 6.61 Å². The van der Waals surface area contributed by atoms with Gasteiger partial charge in [-0.15, -0.1) is 0 Å². The van der Waals surface area contributed by atoms with E-state index in [0.29, 0.717) is 5.56 Å². The maximum absolute atomic E-state index is 12.6. The number of fused-ring (bicyclic) bond motifs is 1. The summed E-state index contributed by atoms with van der Waals surface area (Å²) in [5.74, 6) is 0. The Morgan fingerprint density at radius 3 is 2.40 bits per heavy atom. The van der Waals surface area contributed by atoms with Crippen LogP contribution in [0.25, 0.3) is 0 Å². The van der Waals surface area contributed by atoms with Gasteiger partial charge in [-0.2, -0.15) is 13.2 Å². The normalized spacial score (nSPS) is 26.1. The van der Waals surface area contributed by atoms with Crippen LogP contribution < -0.4 is 5.73 Å². The van der Waals surface area contributed by atoms with Gasteiger partial charge in [-0.25, -0.2) is 0 Å². The van der Waals surface area contributed by atoms with Crippen LogP contribution in [-0.2, 0) is 4.74 Å². The number of nitrogens with two attached hydrogens (primary N) is 1. The Labute approximate surface area is 84.8 Å². The molecule has 1 aromatic carbocycles. The van der Waals surface area contributed by atoms with E-state index in [1.165, 1.54) is 6.07 Å². The fourth-order valence-electron chi connectivity index (χ4n) is 1.74. The zero-order valence-corrected chi connectivity index (χ0v) is 7.79. The second-order valence-electron chi connectivity index (χ2n) is 3.49. The molecule has 1 aliphatic rings. The van der Waals surface area contributed by atoms with Crippen molar-refractivity contribution in [2.24, 2.45) is 5.73 Å². The minimum atomic E-state index is -4.38. The molecule has 2 nitrogen and oxygen atoms in total. The number of alkyl halides is 3. The molecule has 0 aliphatic carbocycles. The monoisotopic (exact) mass is 217 g/mol. The first-order valence-corrected chi connectivity index (χ1v) is 4.53. The Hall–Kier alpha value is -1.07. The van der Waals surface area contributed by atoms with E-state index in [1.807, 2.05) is 0 Å². The molecule has 2 rings (SSSR count). The summed E-state index contributed by atoms with van der Waals surface area (Å²) < 4.78 is 42.5. The van der Waals surface area contributed by atoms with Crippen LogP contribution in [0.15, 0.2) is 24.3 Å². The van der Waals surface area contributed by atoms with E-state index in [1.54, 1.807) is 18.2 Å². The number of halogens is 3. The number of hydrogen-bond donors (Lipinski definition) is 1. The maximum atomic E-state index is 12.6. The molecule has 2 atom stereocenters. The Morgan fingerprint density at radius 2 is 1.80 bits per heavy atom. The standard InChI is InChI=1S/C10H10F3NO/c11-10(12,13)9-7-4-2-1-3-6(7)8(14)5-15-9/h1-4,8-9H,5,14H2. The summed E-state index contributed by atoms with van der Waals surface area (Å²) in [5, 5.41) is 0. The van der Waals surface area contributed by atoms with Crippen LogP contribution in [0.3, 0.4) is 0 Å². The molecule has 1 aliphatic heterocycles. The van der Waals surface area contributed by atoms with Crippen molar-refractivity contribution < 1.29 is 17.9 Å². The fourth-order valence-corrected chi connectivity index (χ4v) is 1.74. The van der Waals surface area contributed by atoms with E-state index >= 15 is 0 Å². The molecule has 0 bridgehead atoms. The molecular weight excluding hydrogens is 207 g/mol. The third-order valence-corrected chi connectivity index (χ3v) is 2.42. The van der Waals surface area contributed by atoms with Gasteiger partial charge in [0, 0.05) is 0 Å². The molecular formula is C10H10F3NO. The Bertz CT molecular complexity index is 364. The summed E-state index contributed by atoms with van der Waals surface area (Å²) in [6, 6.07) is 5.78. The highest BCUT2D eigenvalue weighted by Crippen LogP contribution is 2.41. The van der Waals surface area contributed by atoms with Crippen LogP contribution in [0.1, 0.15) is 23.3 Å². The highest BCUT2D eigenvalue weighted by atomic mass is 19.4. The largest absolute Gasteiger partial charge is 0.418 e. The average Bonchev–Trinajstić information content (AvgIpc) is 2.17. The lowest BCUT2D eigenvalue weighted by Crippen LogP contribution is -2.33. The second-order valence-corrected chi connectivity index (χ2v) is 3.49. The van der Waals surface area contributed by atoms with Crippen LogP contribution in [0.2, 0.25) is 0 Å². The van der Waals surface area contributed by atoms with Crippen molar-refractivity contribution in [3.8, 4) is 0 Å². The summed E-state index contributed by atoms with van der Waals surface area (Å²) in [5.41, 5.74) is 6.31. The first-order valence-electron chi connectivity index (χ1n) is 4.53. The molecule has 0 amide bonds. The molecule has 0 aromatic heterocycles. The minimum Gasteiger partial charge on any atom is -0.362 e. The third kappa shape index (κ3) is 1.85. The average molecular weight is 217 g/mol. The lowest BCUT2D eigenvalue weighted by molar-refractivity contribution is -0.229. The van der Waals surface area contributed by atoms with Gasteiger partial charge in [0.05, 0.1) is 12.6 Å². The van der Waals surface area contributed by atoms with Gasteiger partial charge in [0.2, 0.25) is 0 Å². The lowest BCUT2D eigenvalue weighted by Gasteiger charge is -2.31. The number of hydrogen-bond acceptors (Lipinski definition) is 2. The molecule has 2 N–H and O–H groups in total. The topological polar surface area (TPSA) is 35.2 Å². The van der Waals surface area contributed by atoms with Crippen LogP contribution in [0.4, 0.5) is 13.2 Å². The lowest BCUT2D eigenvalue weighted by atomic mass is 9.94. The van der Waals surface area contributed by atoms with Crippen LogP contribution in [0, 0.1) is 0 Å². The molecule has 0 radical (unpaired) electrons. The molecule has 15 heavy (non-hydrogen) atoms. The molecule has 1 heterocycles. The van der Waals surface area contributed by atoms with Crippen molar-refractivity contribution in [3.05, 3.63) is 35.4 Å². The highest BCUT2D eigenvalue weighted by molar-refractivity contribution is 5.34. The molecule has 0 saturated carbocycles. The highest BCUT2D eigenvalue weighted by Gasteiger charge is 2.45. The zero-order valence-electron chi connectivity index (χ0n) is 7.79. The van der Waals surface area contributed by atoms with Gasteiger partial charge in [-0.3, -0.25) is 0 Å². The van der Waals surface area contributed by atoms with Crippen LogP contribution >= 0.6 is 0 Å². The summed E-state index contributed by atoms with van der Waals surface area (Å²) in [6.07, 6.45) is -6.22. The first kappa shape index (κ1) is 10.4. The molecule has 5 heteroatoms. The first-order chi connectivity index (χ1) is 7.00. The Balaban J connectivity index is 2.45. The van der Waals surface area contributed by atoms with E-state index in [4.69, 9.17) is 10.5 Å². The van der Waals surface area contributed by atoms with Gasteiger partial charge in [-0.1, -0.05) is 24.3 Å². The third-order valence-electron chi connectivity index (χ3n) is 2.42. The van der Waals surface area contributed by atoms with Gasteiger partial charge in [0.25, 0.3) is 0 Å². The van der Waals surface area contributed by atoms with Crippen LogP contribution in [0.5, 0.6) is 0 Å². The van der Waals surface area contributed by atoms with Gasteiger partial charge in [-0.05, 0) is 11.1 Å². The van der Waals surface area contributed by atoms with E-state index in [-0.39, 0.29) is 12.2 Å². The van der Waals surface area contributed by atoms with E-state index in [9.17, 15) is 13.2 Å². The number of ether oxygens (including phenoxy) is 1. The molecule has 0 fully saturated rings. The van der Waals surface area contributed by atoms with Crippen molar-refractivity contribution in [1.29, 1.82) is 0 Å². The summed E-state index contributed by atoms with van der Waals surface area (Å²) in [6.45, 7) is -0.0960. The SMILES string of the molecule is NC1COC(C(F)(F)F)c2ccccc21. The van der Waals surface area contributed by atoms with Gasteiger partial charge in [0.15, 0.2) is 6.10 Å². The van der Waals surface area contributed by atoms with E-state index in [0.717, 1.165) is 0 Å². The molecule has 0 saturated heterocycles. The second kappa shape index (κ2) is 3.50. The summed E-state index contributed by atoms with van der Waals surface area (Å²) >= 11 is 0. The van der Waals surface area contributed by atoms with Gasteiger partial charge in [0.1, 0.15) is 0 Å². The Morgan fingerprint density at radius 1 is 1.20 bits per heavy atom. The van der Waals surface area contributed by atoms with Crippen LogP contribution in [-0.4, -0.2) is 12.8 Å². The fraction of sp³-hybridized carbons (Fsp3) is 0.400. The molecule has 82 valence electrons. The van der Waals surface area contributed by atoms with Gasteiger partial charge >= 0.3 is 6.18 Å². The molecule has 1 aromatic rings. The maximum Gasteiger partial charge on any atom is 0.418 e. The number of rotatable bonds is 0.